The molecule has 2 aromatic heterocycles. The SMILES string of the molecule is CCOC(=O)CNCCN(CC)Cc1c(-c2cccc(O)c2)cnc2ncn(-c3cc(C)cc(C)c3)c(=O)c12. The van der Waals surface area contributed by atoms with E-state index in [4.69, 9.17) is 4.74 Å². The largest absolute Gasteiger partial charge is 0.508 e. The van der Waals surface area contributed by atoms with Crippen LogP contribution in [0.1, 0.15) is 30.5 Å². The van der Waals surface area contributed by atoms with Crippen molar-refractivity contribution in [2.45, 2.75) is 34.2 Å². The molecule has 0 bridgehead atoms. The van der Waals surface area contributed by atoms with Crippen molar-refractivity contribution in [3.8, 4) is 22.6 Å². The van der Waals surface area contributed by atoms with Crippen LogP contribution in [0.15, 0.2) is 59.8 Å². The number of phenols is 1. The third-order valence-electron chi connectivity index (χ3n) is 6.54. The van der Waals surface area contributed by atoms with Crippen LogP contribution in [-0.4, -0.2) is 63.3 Å². The summed E-state index contributed by atoms with van der Waals surface area (Å²) >= 11 is 0. The molecule has 0 aliphatic heterocycles. The second-order valence-electron chi connectivity index (χ2n) is 9.52. The van der Waals surface area contributed by atoms with E-state index in [0.717, 1.165) is 40.0 Å². The lowest BCUT2D eigenvalue weighted by molar-refractivity contribution is -0.142. The number of aromatic hydroxyl groups is 1. The highest BCUT2D eigenvalue weighted by molar-refractivity contribution is 5.86. The molecule has 0 radical (unpaired) electrons. The van der Waals surface area contributed by atoms with Gasteiger partial charge >= 0.3 is 5.97 Å². The molecule has 0 saturated carbocycles. The van der Waals surface area contributed by atoms with Crippen LogP contribution < -0.4 is 10.9 Å². The van der Waals surface area contributed by atoms with Gasteiger partial charge in [0, 0.05) is 31.4 Å². The number of carbonyl (C=O) groups is 1. The van der Waals surface area contributed by atoms with E-state index >= 15 is 0 Å². The lowest BCUT2D eigenvalue weighted by atomic mass is 9.98. The van der Waals surface area contributed by atoms with Gasteiger partial charge in [-0.25, -0.2) is 9.97 Å². The molecule has 39 heavy (non-hydrogen) atoms. The maximum Gasteiger partial charge on any atom is 0.319 e. The van der Waals surface area contributed by atoms with Crippen LogP contribution in [0.2, 0.25) is 0 Å². The zero-order chi connectivity index (χ0) is 27.9. The first-order valence-corrected chi connectivity index (χ1v) is 13.2. The standard InChI is InChI=1S/C30H35N5O4/c1-5-34(11-10-31-17-27(37)39-6-2)18-26-25(22-8-7-9-24(36)15-22)16-32-29-28(26)30(38)35(19-33-29)23-13-20(3)12-21(4)14-23/h7-9,12-16,19,31,36H,5-6,10-11,17-18H2,1-4H3. The Morgan fingerprint density at radius 2 is 1.87 bits per heavy atom. The van der Waals surface area contributed by atoms with Crippen LogP contribution in [0.25, 0.3) is 27.8 Å². The minimum Gasteiger partial charge on any atom is -0.508 e. The molecule has 4 rings (SSSR count). The first-order valence-electron chi connectivity index (χ1n) is 13.2. The fraction of sp³-hybridized carbons (Fsp3) is 0.333. The molecule has 2 N–H and O–H groups in total. The van der Waals surface area contributed by atoms with Crippen molar-refractivity contribution in [3.05, 3.63) is 82.0 Å². The number of esters is 1. The summed E-state index contributed by atoms with van der Waals surface area (Å²) in [6.07, 6.45) is 3.24. The number of carbonyl (C=O) groups excluding carboxylic acids is 1. The van der Waals surface area contributed by atoms with Crippen LogP contribution in [0.3, 0.4) is 0 Å². The fourth-order valence-electron chi connectivity index (χ4n) is 4.72. The number of phenolic OH excluding ortho intramolecular Hbond substituents is 1. The number of fused-ring (bicyclic) bond motifs is 1. The van der Waals surface area contributed by atoms with Crippen molar-refractivity contribution < 1.29 is 14.6 Å². The maximum atomic E-state index is 14.0. The number of likely N-dealkylation sites (N-methyl/N-ethyl adjacent to an activating group) is 1. The lowest BCUT2D eigenvalue weighted by Crippen LogP contribution is -2.35. The molecule has 0 aliphatic carbocycles. The Bertz CT molecular complexity index is 1510. The van der Waals surface area contributed by atoms with Crippen molar-refractivity contribution in [3.63, 3.8) is 0 Å². The summed E-state index contributed by atoms with van der Waals surface area (Å²) < 4.78 is 6.55. The van der Waals surface area contributed by atoms with Gasteiger partial charge in [-0.2, -0.15) is 0 Å². The summed E-state index contributed by atoms with van der Waals surface area (Å²) in [5.41, 5.74) is 5.32. The zero-order valence-corrected chi connectivity index (χ0v) is 22.9. The van der Waals surface area contributed by atoms with Gasteiger partial charge in [0.25, 0.3) is 5.56 Å². The molecule has 2 heterocycles. The van der Waals surface area contributed by atoms with Crippen molar-refractivity contribution >= 4 is 17.0 Å². The number of hydrogen-bond acceptors (Lipinski definition) is 8. The fourth-order valence-corrected chi connectivity index (χ4v) is 4.72. The Balaban J connectivity index is 1.79. The van der Waals surface area contributed by atoms with Gasteiger partial charge in [0.05, 0.1) is 24.2 Å². The number of hydrogen-bond donors (Lipinski definition) is 2. The van der Waals surface area contributed by atoms with Gasteiger partial charge < -0.3 is 15.2 Å². The van der Waals surface area contributed by atoms with Crippen molar-refractivity contribution in [1.82, 2.24) is 24.8 Å². The summed E-state index contributed by atoms with van der Waals surface area (Å²) in [5, 5.41) is 13.7. The van der Waals surface area contributed by atoms with Gasteiger partial charge in [-0.15, -0.1) is 0 Å². The smallest absolute Gasteiger partial charge is 0.319 e. The van der Waals surface area contributed by atoms with Crippen molar-refractivity contribution in [2.75, 3.05) is 32.8 Å². The molecule has 2 aromatic carbocycles. The molecule has 0 fully saturated rings. The molecule has 9 nitrogen and oxygen atoms in total. The number of nitrogens with one attached hydrogen (secondary N) is 1. The van der Waals surface area contributed by atoms with E-state index in [-0.39, 0.29) is 23.8 Å². The molecule has 4 aromatic rings. The third kappa shape index (κ3) is 6.68. The third-order valence-corrected chi connectivity index (χ3v) is 6.54. The zero-order valence-electron chi connectivity index (χ0n) is 22.9. The highest BCUT2D eigenvalue weighted by Crippen LogP contribution is 2.30. The normalized spacial score (nSPS) is 11.3. The molecule has 0 atom stereocenters. The quantitative estimate of drug-likeness (QED) is 0.223. The molecule has 0 spiro atoms. The van der Waals surface area contributed by atoms with E-state index in [2.05, 4.69) is 33.2 Å². The molecular formula is C30H35N5O4. The van der Waals surface area contributed by atoms with Crippen molar-refractivity contribution in [1.29, 1.82) is 0 Å². The highest BCUT2D eigenvalue weighted by atomic mass is 16.5. The van der Waals surface area contributed by atoms with E-state index in [9.17, 15) is 14.7 Å². The monoisotopic (exact) mass is 529 g/mol. The summed E-state index contributed by atoms with van der Waals surface area (Å²) in [5.74, 6) is -0.155. The minimum atomic E-state index is -0.287. The number of aromatic nitrogens is 3. The predicted octanol–water partition coefficient (Wildman–Crippen LogP) is 3.74. The summed E-state index contributed by atoms with van der Waals surface area (Å²) in [7, 11) is 0. The van der Waals surface area contributed by atoms with Gasteiger partial charge in [0.2, 0.25) is 0 Å². The number of pyridine rings is 1. The molecule has 204 valence electrons. The summed E-state index contributed by atoms with van der Waals surface area (Å²) in [4.78, 5) is 37.0. The highest BCUT2D eigenvalue weighted by Gasteiger charge is 2.19. The Kier molecular flexibility index (Phi) is 9.06. The average molecular weight is 530 g/mol. The Hall–Kier alpha value is -4.08. The van der Waals surface area contributed by atoms with Crippen LogP contribution in [0.4, 0.5) is 0 Å². The number of aryl methyl sites for hydroxylation is 2. The number of benzene rings is 2. The van der Waals surface area contributed by atoms with E-state index in [1.807, 2.05) is 32.0 Å². The molecule has 9 heteroatoms. The Morgan fingerprint density at radius 1 is 1.10 bits per heavy atom. The second kappa shape index (κ2) is 12.6. The van der Waals surface area contributed by atoms with Crippen LogP contribution in [0, 0.1) is 13.8 Å². The first-order chi connectivity index (χ1) is 18.8. The summed E-state index contributed by atoms with van der Waals surface area (Å²) in [6.45, 7) is 10.7. The van der Waals surface area contributed by atoms with E-state index in [1.54, 1.807) is 35.9 Å². The molecule has 0 amide bonds. The maximum absolute atomic E-state index is 14.0. The van der Waals surface area contributed by atoms with Gasteiger partial charge in [-0.3, -0.25) is 19.1 Å². The lowest BCUT2D eigenvalue weighted by Gasteiger charge is -2.23. The second-order valence-corrected chi connectivity index (χ2v) is 9.52. The van der Waals surface area contributed by atoms with E-state index < -0.39 is 0 Å². The Morgan fingerprint density at radius 3 is 2.56 bits per heavy atom. The van der Waals surface area contributed by atoms with Crippen LogP contribution in [0.5, 0.6) is 5.75 Å². The minimum absolute atomic E-state index is 0.132. The summed E-state index contributed by atoms with van der Waals surface area (Å²) in [6, 6.07) is 12.9. The number of ether oxygens (including phenoxy) is 1. The average Bonchev–Trinajstić information content (AvgIpc) is 2.90. The topological polar surface area (TPSA) is 110 Å². The van der Waals surface area contributed by atoms with Gasteiger partial charge in [-0.05, 0) is 73.8 Å². The predicted molar refractivity (Wildman–Crippen MR) is 152 cm³/mol. The molecule has 0 unspecified atom stereocenters. The number of nitrogens with zero attached hydrogens (tertiary/aromatic N) is 4. The van der Waals surface area contributed by atoms with Gasteiger partial charge in [-0.1, -0.05) is 25.1 Å². The van der Waals surface area contributed by atoms with Crippen molar-refractivity contribution in [2.24, 2.45) is 0 Å². The molecule has 0 saturated heterocycles. The first kappa shape index (κ1) is 27.9. The van der Waals surface area contributed by atoms with Gasteiger partial charge in [0.15, 0.2) is 5.65 Å². The van der Waals surface area contributed by atoms with Crippen LogP contribution >= 0.6 is 0 Å². The van der Waals surface area contributed by atoms with Gasteiger partial charge in [0.1, 0.15) is 12.1 Å². The van der Waals surface area contributed by atoms with E-state index in [0.29, 0.717) is 37.3 Å². The molecular weight excluding hydrogens is 494 g/mol. The van der Waals surface area contributed by atoms with E-state index in [1.165, 1.54) is 6.33 Å². The molecule has 0 aliphatic rings. The number of rotatable bonds is 11. The Labute approximate surface area is 228 Å². The van der Waals surface area contributed by atoms with Crippen LogP contribution in [-0.2, 0) is 16.1 Å².